The molecule has 1 fully saturated rings. The lowest BCUT2D eigenvalue weighted by molar-refractivity contribution is 0.00806. The first-order chi connectivity index (χ1) is 4.33. The molecule has 0 N–H and O–H groups in total. The highest BCUT2D eigenvalue weighted by molar-refractivity contribution is 9.09. The van der Waals surface area contributed by atoms with Gasteiger partial charge in [0.1, 0.15) is 0 Å². The summed E-state index contributed by atoms with van der Waals surface area (Å²) in [6.07, 6.45) is 2.95. The molecule has 0 aromatic heterocycles. The first kappa shape index (κ1) is 7.55. The van der Waals surface area contributed by atoms with E-state index in [1.54, 1.807) is 0 Å². The summed E-state index contributed by atoms with van der Waals surface area (Å²) in [7, 11) is 0. The first-order valence-corrected chi connectivity index (χ1v) is 4.62. The fourth-order valence-corrected chi connectivity index (χ4v) is 1.82. The van der Waals surface area contributed by atoms with Gasteiger partial charge in [-0.3, -0.25) is 0 Å². The molecular weight excluding hydrogens is 180 g/mol. The smallest absolute Gasteiger partial charge is 0.0549 e. The quantitative estimate of drug-likeness (QED) is 0.580. The van der Waals surface area contributed by atoms with Crippen LogP contribution in [0.5, 0.6) is 0 Å². The van der Waals surface area contributed by atoms with Gasteiger partial charge in [0.05, 0.1) is 6.10 Å². The summed E-state index contributed by atoms with van der Waals surface area (Å²) in [5.41, 5.74) is 0. The van der Waals surface area contributed by atoms with E-state index in [2.05, 4.69) is 22.9 Å². The zero-order valence-electron chi connectivity index (χ0n) is 5.77. The van der Waals surface area contributed by atoms with E-state index in [1.165, 1.54) is 12.8 Å². The lowest BCUT2D eigenvalue weighted by Crippen LogP contribution is -2.23. The molecule has 1 rings (SSSR count). The molecule has 1 nitrogen and oxygen atoms in total. The van der Waals surface area contributed by atoms with Gasteiger partial charge in [0.25, 0.3) is 0 Å². The SMILES string of the molecule is CC1CC(CBr)CCO1. The normalized spacial score (nSPS) is 36.7. The summed E-state index contributed by atoms with van der Waals surface area (Å²) in [4.78, 5) is 0. The highest BCUT2D eigenvalue weighted by Gasteiger charge is 2.17. The Morgan fingerprint density at radius 2 is 2.44 bits per heavy atom. The van der Waals surface area contributed by atoms with Gasteiger partial charge in [-0.15, -0.1) is 0 Å². The Balaban J connectivity index is 2.23. The van der Waals surface area contributed by atoms with Crippen molar-refractivity contribution in [3.8, 4) is 0 Å². The maximum absolute atomic E-state index is 5.39. The second-order valence-electron chi connectivity index (χ2n) is 2.73. The molecule has 0 radical (unpaired) electrons. The van der Waals surface area contributed by atoms with Gasteiger partial charge in [0.2, 0.25) is 0 Å². The van der Waals surface area contributed by atoms with E-state index in [4.69, 9.17) is 4.74 Å². The Labute approximate surface area is 64.9 Å². The van der Waals surface area contributed by atoms with E-state index in [0.717, 1.165) is 17.9 Å². The average Bonchev–Trinajstić information content (AvgIpc) is 1.88. The van der Waals surface area contributed by atoms with Crippen molar-refractivity contribution in [1.82, 2.24) is 0 Å². The van der Waals surface area contributed by atoms with Crippen LogP contribution in [-0.4, -0.2) is 18.0 Å². The van der Waals surface area contributed by atoms with E-state index < -0.39 is 0 Å². The minimum absolute atomic E-state index is 0.487. The van der Waals surface area contributed by atoms with E-state index in [1.807, 2.05) is 0 Å². The van der Waals surface area contributed by atoms with Gasteiger partial charge in [-0.25, -0.2) is 0 Å². The van der Waals surface area contributed by atoms with Crippen molar-refractivity contribution in [2.24, 2.45) is 5.92 Å². The lowest BCUT2D eigenvalue weighted by Gasteiger charge is -2.25. The van der Waals surface area contributed by atoms with Gasteiger partial charge in [-0.1, -0.05) is 15.9 Å². The van der Waals surface area contributed by atoms with Gasteiger partial charge in [0.15, 0.2) is 0 Å². The third kappa shape index (κ3) is 2.26. The van der Waals surface area contributed by atoms with Crippen LogP contribution in [-0.2, 0) is 4.74 Å². The van der Waals surface area contributed by atoms with Crippen molar-refractivity contribution >= 4 is 15.9 Å². The molecule has 1 heterocycles. The minimum Gasteiger partial charge on any atom is -0.378 e. The van der Waals surface area contributed by atoms with Crippen LogP contribution in [0.4, 0.5) is 0 Å². The molecule has 54 valence electrons. The summed E-state index contributed by atoms with van der Waals surface area (Å²) in [5.74, 6) is 0.855. The number of ether oxygens (including phenoxy) is 1. The van der Waals surface area contributed by atoms with Crippen molar-refractivity contribution in [2.45, 2.75) is 25.9 Å². The van der Waals surface area contributed by atoms with E-state index in [0.29, 0.717) is 6.10 Å². The number of alkyl halides is 1. The molecule has 2 heteroatoms. The monoisotopic (exact) mass is 192 g/mol. The van der Waals surface area contributed by atoms with Gasteiger partial charge in [-0.2, -0.15) is 0 Å². The molecule has 1 aliphatic heterocycles. The Morgan fingerprint density at radius 1 is 1.67 bits per heavy atom. The summed E-state index contributed by atoms with van der Waals surface area (Å²) in [6.45, 7) is 3.10. The van der Waals surface area contributed by atoms with Gasteiger partial charge < -0.3 is 4.74 Å². The molecule has 1 saturated heterocycles. The topological polar surface area (TPSA) is 9.23 Å². The zero-order valence-corrected chi connectivity index (χ0v) is 7.36. The maximum atomic E-state index is 5.39. The highest BCUT2D eigenvalue weighted by atomic mass is 79.9. The summed E-state index contributed by atoms with van der Waals surface area (Å²) >= 11 is 3.48. The van der Waals surface area contributed by atoms with Crippen LogP contribution in [0.15, 0.2) is 0 Å². The molecule has 2 unspecified atom stereocenters. The van der Waals surface area contributed by atoms with E-state index >= 15 is 0 Å². The average molecular weight is 193 g/mol. The number of halogens is 1. The number of hydrogen-bond donors (Lipinski definition) is 0. The Bertz CT molecular complexity index is 85.0. The van der Waals surface area contributed by atoms with Crippen LogP contribution in [0.1, 0.15) is 19.8 Å². The molecular formula is C7H13BrO. The molecule has 0 amide bonds. The first-order valence-electron chi connectivity index (χ1n) is 3.50. The van der Waals surface area contributed by atoms with E-state index in [9.17, 15) is 0 Å². The molecule has 0 aromatic carbocycles. The zero-order chi connectivity index (χ0) is 6.69. The number of rotatable bonds is 1. The lowest BCUT2D eigenvalue weighted by atomic mass is 9.99. The summed E-state index contributed by atoms with van der Waals surface area (Å²) < 4.78 is 5.39. The predicted octanol–water partition coefficient (Wildman–Crippen LogP) is 2.20. The Morgan fingerprint density at radius 3 is 2.89 bits per heavy atom. The molecule has 9 heavy (non-hydrogen) atoms. The molecule has 0 aliphatic carbocycles. The van der Waals surface area contributed by atoms with Crippen molar-refractivity contribution < 1.29 is 4.74 Å². The largest absolute Gasteiger partial charge is 0.378 e. The van der Waals surface area contributed by atoms with Crippen LogP contribution in [0.2, 0.25) is 0 Å². The molecule has 1 aliphatic rings. The van der Waals surface area contributed by atoms with Crippen molar-refractivity contribution in [1.29, 1.82) is 0 Å². The second-order valence-corrected chi connectivity index (χ2v) is 3.37. The highest BCUT2D eigenvalue weighted by Crippen LogP contribution is 2.20. The van der Waals surface area contributed by atoms with Crippen molar-refractivity contribution in [3.63, 3.8) is 0 Å². The van der Waals surface area contributed by atoms with Crippen LogP contribution < -0.4 is 0 Å². The third-order valence-corrected chi connectivity index (χ3v) is 2.73. The standard InChI is InChI=1S/C7H13BrO/c1-6-4-7(5-8)2-3-9-6/h6-7H,2-5H2,1H3. The fourth-order valence-electron chi connectivity index (χ4n) is 1.23. The van der Waals surface area contributed by atoms with Gasteiger partial charge >= 0.3 is 0 Å². The Kier molecular flexibility index (Phi) is 2.99. The predicted molar refractivity (Wildman–Crippen MR) is 41.9 cm³/mol. The summed E-state index contributed by atoms with van der Waals surface area (Å²) in [5, 5.41) is 1.14. The maximum Gasteiger partial charge on any atom is 0.0549 e. The van der Waals surface area contributed by atoms with Crippen LogP contribution in [0, 0.1) is 5.92 Å². The second kappa shape index (κ2) is 3.57. The summed E-state index contributed by atoms with van der Waals surface area (Å²) in [6, 6.07) is 0. The van der Waals surface area contributed by atoms with Gasteiger partial charge in [0, 0.05) is 11.9 Å². The van der Waals surface area contributed by atoms with Gasteiger partial charge in [-0.05, 0) is 25.7 Å². The molecule has 0 saturated carbocycles. The number of hydrogen-bond acceptors (Lipinski definition) is 1. The van der Waals surface area contributed by atoms with E-state index in [-0.39, 0.29) is 0 Å². The molecule has 2 atom stereocenters. The van der Waals surface area contributed by atoms with Crippen LogP contribution in [0.3, 0.4) is 0 Å². The Hall–Kier alpha value is 0.440. The van der Waals surface area contributed by atoms with Crippen molar-refractivity contribution in [3.05, 3.63) is 0 Å². The fraction of sp³-hybridized carbons (Fsp3) is 1.00. The minimum atomic E-state index is 0.487. The van der Waals surface area contributed by atoms with Crippen molar-refractivity contribution in [2.75, 3.05) is 11.9 Å². The molecule has 0 bridgehead atoms. The van der Waals surface area contributed by atoms with Crippen LogP contribution >= 0.6 is 15.9 Å². The molecule has 0 aromatic rings. The molecule has 0 spiro atoms. The third-order valence-electron chi connectivity index (χ3n) is 1.81. The van der Waals surface area contributed by atoms with Crippen LogP contribution in [0.25, 0.3) is 0 Å².